The summed E-state index contributed by atoms with van der Waals surface area (Å²) in [6, 6.07) is 5.57. The SMILES string of the molecule is CC(CO)CCCNC(=O)C(C)(C)Oc1ccc(F)cc1. The Morgan fingerprint density at radius 3 is 2.57 bits per heavy atom. The van der Waals surface area contributed by atoms with Crippen molar-refractivity contribution in [2.75, 3.05) is 13.2 Å². The molecule has 1 amide bonds. The van der Waals surface area contributed by atoms with Gasteiger partial charge in [0.1, 0.15) is 11.6 Å². The third-order valence-corrected chi connectivity index (χ3v) is 3.20. The molecule has 0 fully saturated rings. The summed E-state index contributed by atoms with van der Waals surface area (Å²) in [6.45, 7) is 6.00. The number of ether oxygens (including phenoxy) is 1. The summed E-state index contributed by atoms with van der Waals surface area (Å²) in [5.41, 5.74) is -1.03. The highest BCUT2D eigenvalue weighted by Gasteiger charge is 2.29. The van der Waals surface area contributed by atoms with E-state index in [1.807, 2.05) is 6.92 Å². The number of rotatable bonds is 8. The molecule has 4 nitrogen and oxygen atoms in total. The lowest BCUT2D eigenvalue weighted by atomic mass is 10.1. The lowest BCUT2D eigenvalue weighted by molar-refractivity contribution is -0.134. The van der Waals surface area contributed by atoms with Crippen LogP contribution in [0.2, 0.25) is 0 Å². The molecular formula is C16H24FNO3. The van der Waals surface area contributed by atoms with E-state index in [0.29, 0.717) is 12.3 Å². The molecule has 5 heteroatoms. The zero-order valence-electron chi connectivity index (χ0n) is 12.9. The summed E-state index contributed by atoms with van der Waals surface area (Å²) in [7, 11) is 0. The molecule has 2 N–H and O–H groups in total. The van der Waals surface area contributed by atoms with E-state index in [9.17, 15) is 9.18 Å². The van der Waals surface area contributed by atoms with Crippen molar-refractivity contribution in [3.05, 3.63) is 30.1 Å². The van der Waals surface area contributed by atoms with Gasteiger partial charge in [-0.15, -0.1) is 0 Å². The topological polar surface area (TPSA) is 58.6 Å². The lowest BCUT2D eigenvalue weighted by Crippen LogP contribution is -2.46. The first-order valence-corrected chi connectivity index (χ1v) is 7.19. The van der Waals surface area contributed by atoms with Crippen molar-refractivity contribution in [2.24, 2.45) is 5.92 Å². The van der Waals surface area contributed by atoms with Crippen molar-refractivity contribution >= 4 is 5.91 Å². The Labute approximate surface area is 125 Å². The summed E-state index contributed by atoms with van der Waals surface area (Å²) in [4.78, 5) is 12.1. The van der Waals surface area contributed by atoms with Gasteiger partial charge >= 0.3 is 0 Å². The Balaban J connectivity index is 2.42. The molecule has 0 aliphatic heterocycles. The fourth-order valence-electron chi connectivity index (χ4n) is 1.80. The van der Waals surface area contributed by atoms with Gasteiger partial charge in [0.15, 0.2) is 5.60 Å². The van der Waals surface area contributed by atoms with Crippen LogP contribution >= 0.6 is 0 Å². The van der Waals surface area contributed by atoms with Crippen molar-refractivity contribution in [1.82, 2.24) is 5.32 Å². The Hall–Kier alpha value is -1.62. The lowest BCUT2D eigenvalue weighted by Gasteiger charge is -2.25. The average molecular weight is 297 g/mol. The summed E-state index contributed by atoms with van der Waals surface area (Å²) in [6.07, 6.45) is 1.66. The molecule has 0 aromatic heterocycles. The number of benzene rings is 1. The van der Waals surface area contributed by atoms with Crippen molar-refractivity contribution < 1.29 is 19.0 Å². The first kappa shape index (κ1) is 17.4. The molecule has 1 atom stereocenters. The van der Waals surface area contributed by atoms with E-state index >= 15 is 0 Å². The molecule has 1 unspecified atom stereocenters. The van der Waals surface area contributed by atoms with E-state index in [2.05, 4.69) is 5.32 Å². The summed E-state index contributed by atoms with van der Waals surface area (Å²) in [5, 5.41) is 11.7. The smallest absolute Gasteiger partial charge is 0.263 e. The number of carbonyl (C=O) groups is 1. The van der Waals surface area contributed by atoms with Crippen LogP contribution in [0, 0.1) is 11.7 Å². The summed E-state index contributed by atoms with van der Waals surface area (Å²) < 4.78 is 18.4. The van der Waals surface area contributed by atoms with Gasteiger partial charge in [-0.05, 0) is 56.9 Å². The molecule has 0 aliphatic carbocycles. The number of aliphatic hydroxyl groups is 1. The van der Waals surface area contributed by atoms with Gasteiger partial charge in [0, 0.05) is 13.2 Å². The van der Waals surface area contributed by atoms with E-state index in [4.69, 9.17) is 9.84 Å². The zero-order chi connectivity index (χ0) is 15.9. The number of amides is 1. The van der Waals surface area contributed by atoms with E-state index in [-0.39, 0.29) is 24.2 Å². The van der Waals surface area contributed by atoms with Crippen molar-refractivity contribution in [1.29, 1.82) is 0 Å². The van der Waals surface area contributed by atoms with E-state index in [1.54, 1.807) is 13.8 Å². The van der Waals surface area contributed by atoms with Crippen LogP contribution < -0.4 is 10.1 Å². The van der Waals surface area contributed by atoms with E-state index < -0.39 is 5.60 Å². The fourth-order valence-corrected chi connectivity index (χ4v) is 1.80. The quantitative estimate of drug-likeness (QED) is 0.725. The van der Waals surface area contributed by atoms with Crippen LogP contribution in [0.1, 0.15) is 33.6 Å². The highest BCUT2D eigenvalue weighted by molar-refractivity contribution is 5.84. The third-order valence-electron chi connectivity index (χ3n) is 3.20. The largest absolute Gasteiger partial charge is 0.478 e. The number of aliphatic hydroxyl groups excluding tert-OH is 1. The van der Waals surface area contributed by atoms with Crippen LogP contribution in [0.4, 0.5) is 4.39 Å². The molecule has 1 aromatic carbocycles. The summed E-state index contributed by atoms with van der Waals surface area (Å²) in [5.74, 6) is 0.127. The van der Waals surface area contributed by atoms with Crippen LogP contribution in [0.3, 0.4) is 0 Å². The number of halogens is 1. The van der Waals surface area contributed by atoms with Crippen LogP contribution in [0.15, 0.2) is 24.3 Å². The van der Waals surface area contributed by atoms with Gasteiger partial charge in [0.05, 0.1) is 0 Å². The molecule has 0 aliphatic rings. The first-order chi connectivity index (χ1) is 9.85. The van der Waals surface area contributed by atoms with Gasteiger partial charge < -0.3 is 15.2 Å². The van der Waals surface area contributed by atoms with Crippen LogP contribution in [-0.4, -0.2) is 29.8 Å². The second-order valence-corrected chi connectivity index (χ2v) is 5.75. The van der Waals surface area contributed by atoms with Crippen molar-refractivity contribution in [2.45, 2.75) is 39.2 Å². The molecule has 0 bridgehead atoms. The Kier molecular flexibility index (Phi) is 6.62. The average Bonchev–Trinajstić information content (AvgIpc) is 2.45. The van der Waals surface area contributed by atoms with Gasteiger partial charge in [-0.2, -0.15) is 0 Å². The fraction of sp³-hybridized carbons (Fsp3) is 0.562. The standard InChI is InChI=1S/C16H24FNO3/c1-12(11-19)5-4-10-18-15(20)16(2,3)21-14-8-6-13(17)7-9-14/h6-9,12,19H,4-5,10-11H2,1-3H3,(H,18,20). The van der Waals surface area contributed by atoms with Gasteiger partial charge in [-0.25, -0.2) is 4.39 Å². The molecule has 0 saturated heterocycles. The minimum absolute atomic E-state index is 0.160. The molecule has 0 saturated carbocycles. The Bertz CT molecular complexity index is 445. The van der Waals surface area contributed by atoms with Gasteiger partial charge in [-0.3, -0.25) is 4.79 Å². The normalized spacial score (nSPS) is 12.8. The second-order valence-electron chi connectivity index (χ2n) is 5.75. The highest BCUT2D eigenvalue weighted by Crippen LogP contribution is 2.19. The maximum absolute atomic E-state index is 12.8. The molecule has 21 heavy (non-hydrogen) atoms. The predicted molar refractivity (Wildman–Crippen MR) is 79.6 cm³/mol. The molecular weight excluding hydrogens is 273 g/mol. The maximum atomic E-state index is 12.8. The number of carbonyl (C=O) groups excluding carboxylic acids is 1. The molecule has 118 valence electrons. The monoisotopic (exact) mass is 297 g/mol. The predicted octanol–water partition coefficient (Wildman–Crippen LogP) is 2.51. The Morgan fingerprint density at radius 2 is 2.00 bits per heavy atom. The third kappa shape index (κ3) is 6.12. The number of hydrogen-bond donors (Lipinski definition) is 2. The Morgan fingerprint density at radius 1 is 1.38 bits per heavy atom. The van der Waals surface area contributed by atoms with E-state index in [1.165, 1.54) is 24.3 Å². The molecule has 0 heterocycles. The molecule has 0 spiro atoms. The molecule has 1 aromatic rings. The van der Waals surface area contributed by atoms with E-state index in [0.717, 1.165) is 12.8 Å². The van der Waals surface area contributed by atoms with Crippen LogP contribution in [-0.2, 0) is 4.79 Å². The van der Waals surface area contributed by atoms with Crippen LogP contribution in [0.25, 0.3) is 0 Å². The zero-order valence-corrected chi connectivity index (χ0v) is 12.9. The van der Waals surface area contributed by atoms with Crippen molar-refractivity contribution in [3.63, 3.8) is 0 Å². The van der Waals surface area contributed by atoms with Crippen molar-refractivity contribution in [3.8, 4) is 5.75 Å². The highest BCUT2D eigenvalue weighted by atomic mass is 19.1. The minimum Gasteiger partial charge on any atom is -0.478 e. The summed E-state index contributed by atoms with van der Waals surface area (Å²) >= 11 is 0. The van der Waals surface area contributed by atoms with Gasteiger partial charge in [-0.1, -0.05) is 6.92 Å². The first-order valence-electron chi connectivity index (χ1n) is 7.19. The van der Waals surface area contributed by atoms with Gasteiger partial charge in [0.2, 0.25) is 0 Å². The maximum Gasteiger partial charge on any atom is 0.263 e. The number of nitrogens with one attached hydrogen (secondary N) is 1. The molecule has 1 rings (SSSR count). The second kappa shape index (κ2) is 7.98. The molecule has 0 radical (unpaired) electrons. The minimum atomic E-state index is -1.03. The van der Waals surface area contributed by atoms with Crippen LogP contribution in [0.5, 0.6) is 5.75 Å². The van der Waals surface area contributed by atoms with Gasteiger partial charge in [0.25, 0.3) is 5.91 Å². The number of hydrogen-bond acceptors (Lipinski definition) is 3.